The molecule has 0 bridgehead atoms. The molecule has 0 amide bonds. The first-order valence-corrected chi connectivity index (χ1v) is 4.50. The molecule has 6 nitrogen and oxygen atoms in total. The van der Waals surface area contributed by atoms with Gasteiger partial charge in [-0.2, -0.15) is 0 Å². The number of phenols is 2. The van der Waals surface area contributed by atoms with Gasteiger partial charge in [-0.3, -0.25) is 4.79 Å². The van der Waals surface area contributed by atoms with Crippen LogP contribution < -0.4 is 5.73 Å². The van der Waals surface area contributed by atoms with E-state index < -0.39 is 23.9 Å². The lowest BCUT2D eigenvalue weighted by Gasteiger charge is -2.17. The molecule has 16 heavy (non-hydrogen) atoms. The van der Waals surface area contributed by atoms with Crippen molar-refractivity contribution in [2.75, 3.05) is 7.11 Å². The van der Waals surface area contributed by atoms with E-state index >= 15 is 0 Å². The molecule has 1 aromatic carbocycles. The number of phenolic OH excluding ortho intramolecular Hbond substituents is 2. The van der Waals surface area contributed by atoms with Gasteiger partial charge in [0.25, 0.3) is 0 Å². The topological polar surface area (TPSA) is 113 Å². The summed E-state index contributed by atoms with van der Waals surface area (Å²) in [7, 11) is 1.16. The molecule has 0 aliphatic heterocycles. The standard InChI is InChI=1S/C10H13NO5/c1-16-10(15)8(11)9(14)5-2-3-6(12)7(13)4-5/h2-4,8-9,12-14H,11H2,1H3/t8-,9+/m1/s1. The molecule has 2 atom stereocenters. The zero-order chi connectivity index (χ0) is 12.3. The molecule has 0 aliphatic rings. The Bertz CT molecular complexity index is 393. The van der Waals surface area contributed by atoms with Gasteiger partial charge < -0.3 is 25.8 Å². The summed E-state index contributed by atoms with van der Waals surface area (Å²) in [5.41, 5.74) is 5.64. The Morgan fingerprint density at radius 2 is 2.00 bits per heavy atom. The van der Waals surface area contributed by atoms with Gasteiger partial charge in [0, 0.05) is 0 Å². The second-order valence-corrected chi connectivity index (χ2v) is 3.24. The highest BCUT2D eigenvalue weighted by Crippen LogP contribution is 2.28. The molecule has 6 heteroatoms. The number of aliphatic hydroxyl groups is 1. The number of aliphatic hydroxyl groups excluding tert-OH is 1. The minimum absolute atomic E-state index is 0.216. The van der Waals surface area contributed by atoms with E-state index in [1.165, 1.54) is 12.1 Å². The predicted molar refractivity (Wildman–Crippen MR) is 54.7 cm³/mol. The Morgan fingerprint density at radius 1 is 1.38 bits per heavy atom. The highest BCUT2D eigenvalue weighted by molar-refractivity contribution is 5.76. The van der Waals surface area contributed by atoms with Crippen LogP contribution in [0, 0.1) is 0 Å². The van der Waals surface area contributed by atoms with E-state index in [-0.39, 0.29) is 11.3 Å². The maximum atomic E-state index is 11.1. The van der Waals surface area contributed by atoms with Crippen LogP contribution in [0.4, 0.5) is 0 Å². The number of esters is 1. The first-order chi connectivity index (χ1) is 7.47. The van der Waals surface area contributed by atoms with Crippen LogP contribution in [0.1, 0.15) is 11.7 Å². The van der Waals surface area contributed by atoms with Crippen molar-refractivity contribution in [1.29, 1.82) is 0 Å². The van der Waals surface area contributed by atoms with Gasteiger partial charge in [0.15, 0.2) is 11.5 Å². The Morgan fingerprint density at radius 3 is 2.50 bits per heavy atom. The Labute approximate surface area is 91.9 Å². The lowest BCUT2D eigenvalue weighted by molar-refractivity contribution is -0.145. The Hall–Kier alpha value is -1.79. The van der Waals surface area contributed by atoms with Crippen molar-refractivity contribution >= 4 is 5.97 Å². The number of hydrogen-bond acceptors (Lipinski definition) is 6. The molecule has 0 saturated heterocycles. The highest BCUT2D eigenvalue weighted by atomic mass is 16.5. The fourth-order valence-electron chi connectivity index (χ4n) is 1.20. The summed E-state index contributed by atoms with van der Waals surface area (Å²) in [4.78, 5) is 11.1. The fraction of sp³-hybridized carbons (Fsp3) is 0.300. The van der Waals surface area contributed by atoms with Crippen LogP contribution in [0.3, 0.4) is 0 Å². The van der Waals surface area contributed by atoms with Crippen LogP contribution in [0.2, 0.25) is 0 Å². The molecule has 0 spiro atoms. The van der Waals surface area contributed by atoms with Crippen LogP contribution in [-0.4, -0.2) is 34.4 Å². The van der Waals surface area contributed by atoms with Gasteiger partial charge in [0.1, 0.15) is 12.1 Å². The average Bonchev–Trinajstić information content (AvgIpc) is 2.29. The van der Waals surface area contributed by atoms with E-state index in [9.17, 15) is 15.0 Å². The maximum absolute atomic E-state index is 11.1. The van der Waals surface area contributed by atoms with E-state index in [0.717, 1.165) is 13.2 Å². The summed E-state index contributed by atoms with van der Waals surface area (Å²) in [5, 5.41) is 28.0. The molecule has 1 aromatic rings. The lowest BCUT2D eigenvalue weighted by atomic mass is 10.0. The number of rotatable bonds is 3. The van der Waals surface area contributed by atoms with E-state index in [1.807, 2.05) is 0 Å². The van der Waals surface area contributed by atoms with Gasteiger partial charge in [-0.1, -0.05) is 6.07 Å². The Kier molecular flexibility index (Phi) is 3.70. The molecule has 88 valence electrons. The van der Waals surface area contributed by atoms with E-state index in [2.05, 4.69) is 4.74 Å². The van der Waals surface area contributed by atoms with Crippen molar-refractivity contribution in [3.63, 3.8) is 0 Å². The van der Waals surface area contributed by atoms with Crippen LogP contribution in [0.5, 0.6) is 11.5 Å². The monoisotopic (exact) mass is 227 g/mol. The molecule has 0 fully saturated rings. The summed E-state index contributed by atoms with van der Waals surface area (Å²) in [6.45, 7) is 0. The molecule has 0 unspecified atom stereocenters. The van der Waals surface area contributed by atoms with Crippen LogP contribution in [-0.2, 0) is 9.53 Å². The summed E-state index contributed by atoms with van der Waals surface area (Å²) < 4.78 is 4.37. The highest BCUT2D eigenvalue weighted by Gasteiger charge is 2.25. The molecular weight excluding hydrogens is 214 g/mol. The first kappa shape index (κ1) is 12.3. The number of ether oxygens (including phenoxy) is 1. The number of benzene rings is 1. The predicted octanol–water partition coefficient (Wildman–Crippen LogP) is -0.369. The molecule has 5 N–H and O–H groups in total. The normalized spacial score (nSPS) is 14.2. The maximum Gasteiger partial charge on any atom is 0.325 e. The lowest BCUT2D eigenvalue weighted by Crippen LogP contribution is -2.37. The van der Waals surface area contributed by atoms with Crippen molar-refractivity contribution in [1.82, 2.24) is 0 Å². The Balaban J connectivity index is 2.91. The SMILES string of the molecule is COC(=O)[C@H](N)[C@@H](O)c1ccc(O)c(O)c1. The number of carbonyl (C=O) groups excluding carboxylic acids is 1. The first-order valence-electron chi connectivity index (χ1n) is 4.50. The fourth-order valence-corrected chi connectivity index (χ4v) is 1.20. The number of aromatic hydroxyl groups is 2. The largest absolute Gasteiger partial charge is 0.504 e. The molecule has 1 rings (SSSR count). The summed E-state index contributed by atoms with van der Waals surface area (Å²) >= 11 is 0. The van der Waals surface area contributed by atoms with E-state index in [4.69, 9.17) is 10.8 Å². The number of carbonyl (C=O) groups is 1. The number of methoxy groups -OCH3 is 1. The zero-order valence-corrected chi connectivity index (χ0v) is 8.62. The van der Waals surface area contributed by atoms with Gasteiger partial charge in [0.05, 0.1) is 7.11 Å². The smallest absolute Gasteiger partial charge is 0.325 e. The minimum atomic E-state index is -1.31. The number of hydrogen-bond donors (Lipinski definition) is 4. The average molecular weight is 227 g/mol. The van der Waals surface area contributed by atoms with Crippen molar-refractivity contribution in [2.24, 2.45) is 5.73 Å². The quantitative estimate of drug-likeness (QED) is 0.414. The number of nitrogens with two attached hydrogens (primary N) is 1. The van der Waals surface area contributed by atoms with Crippen molar-refractivity contribution in [2.45, 2.75) is 12.1 Å². The third-order valence-corrected chi connectivity index (χ3v) is 2.15. The van der Waals surface area contributed by atoms with Gasteiger partial charge in [0.2, 0.25) is 0 Å². The minimum Gasteiger partial charge on any atom is -0.504 e. The zero-order valence-electron chi connectivity index (χ0n) is 8.62. The molecule has 0 saturated carbocycles. The van der Waals surface area contributed by atoms with Crippen molar-refractivity contribution in [3.8, 4) is 11.5 Å². The van der Waals surface area contributed by atoms with Gasteiger partial charge in [-0.05, 0) is 17.7 Å². The summed E-state index contributed by atoms with van der Waals surface area (Å²) in [6.07, 6.45) is -1.31. The van der Waals surface area contributed by atoms with Crippen LogP contribution in [0.15, 0.2) is 18.2 Å². The van der Waals surface area contributed by atoms with Crippen LogP contribution >= 0.6 is 0 Å². The molecule has 0 heterocycles. The molecule has 0 radical (unpaired) electrons. The van der Waals surface area contributed by atoms with Crippen molar-refractivity contribution in [3.05, 3.63) is 23.8 Å². The third kappa shape index (κ3) is 2.41. The second-order valence-electron chi connectivity index (χ2n) is 3.24. The summed E-state index contributed by atoms with van der Waals surface area (Å²) in [5.74, 6) is -1.48. The molecule has 0 aliphatic carbocycles. The van der Waals surface area contributed by atoms with Crippen LogP contribution in [0.25, 0.3) is 0 Å². The summed E-state index contributed by atoms with van der Waals surface area (Å²) in [6, 6.07) is 2.43. The van der Waals surface area contributed by atoms with Crippen molar-refractivity contribution < 1.29 is 24.9 Å². The van der Waals surface area contributed by atoms with Gasteiger partial charge >= 0.3 is 5.97 Å². The van der Waals surface area contributed by atoms with Gasteiger partial charge in [-0.15, -0.1) is 0 Å². The molecule has 0 aromatic heterocycles. The van der Waals surface area contributed by atoms with E-state index in [1.54, 1.807) is 0 Å². The third-order valence-electron chi connectivity index (χ3n) is 2.15. The second kappa shape index (κ2) is 4.82. The van der Waals surface area contributed by atoms with Gasteiger partial charge in [-0.25, -0.2) is 0 Å². The van der Waals surface area contributed by atoms with E-state index in [0.29, 0.717) is 0 Å². The molecular formula is C10H13NO5.